The topological polar surface area (TPSA) is 119 Å². The average Bonchev–Trinajstić information content (AvgIpc) is 3.68. The van der Waals surface area contributed by atoms with Crippen molar-refractivity contribution in [2.75, 3.05) is 7.11 Å². The number of hydroxylamine groups is 1. The summed E-state index contributed by atoms with van der Waals surface area (Å²) in [5.41, 5.74) is 5.99. The summed E-state index contributed by atoms with van der Waals surface area (Å²) in [7, 11) is 1.37. The van der Waals surface area contributed by atoms with Crippen LogP contribution in [0.4, 0.5) is 4.39 Å². The molecule has 44 heavy (non-hydrogen) atoms. The highest BCUT2D eigenvalue weighted by atomic mass is 32.1. The van der Waals surface area contributed by atoms with Crippen LogP contribution in [0.5, 0.6) is 0 Å². The highest BCUT2D eigenvalue weighted by molar-refractivity contribution is 7.18. The van der Waals surface area contributed by atoms with Crippen molar-refractivity contribution in [3.63, 3.8) is 0 Å². The van der Waals surface area contributed by atoms with Crippen molar-refractivity contribution in [3.8, 4) is 11.1 Å². The summed E-state index contributed by atoms with van der Waals surface area (Å²) in [5.74, 6) is 0.0120. The Labute approximate surface area is 254 Å². The van der Waals surface area contributed by atoms with Gasteiger partial charge >= 0.3 is 5.69 Å². The standard InChI is InChI=1S/C32H28FN5O5S/c1-3-23-16-26-29(39)37(18-27(35-42-2)21-12-14-22(33)15-13-21)32(41)38(30(26)44-23)17-19-8-10-20(11-9-19)24-6-4-5-7-25(24)28-34-31(40)43-36-28/h4-16,31,40H,3,17-18H2,1-2H3,(H,34,36)/b35-27-. The molecule has 3 heterocycles. The van der Waals surface area contributed by atoms with Gasteiger partial charge in [-0.25, -0.2) is 24.5 Å². The second kappa shape index (κ2) is 12.4. The molecule has 5 aromatic rings. The summed E-state index contributed by atoms with van der Waals surface area (Å²) in [4.78, 5) is 43.2. The molecule has 224 valence electrons. The van der Waals surface area contributed by atoms with Crippen molar-refractivity contribution in [1.82, 2.24) is 14.6 Å². The molecule has 0 aliphatic carbocycles. The Morgan fingerprint density at radius 3 is 2.45 bits per heavy atom. The van der Waals surface area contributed by atoms with Gasteiger partial charge in [-0.15, -0.1) is 11.3 Å². The molecule has 0 bridgehead atoms. The number of aliphatic hydroxyl groups excluding tert-OH is 1. The molecule has 1 atom stereocenters. The monoisotopic (exact) mass is 613 g/mol. The first kappa shape index (κ1) is 29.2. The largest absolute Gasteiger partial charge is 0.399 e. The second-order valence-corrected chi connectivity index (χ2v) is 11.2. The van der Waals surface area contributed by atoms with Gasteiger partial charge in [-0.1, -0.05) is 72.7 Å². The fourth-order valence-electron chi connectivity index (χ4n) is 5.09. The van der Waals surface area contributed by atoms with Gasteiger partial charge in [0.15, 0.2) is 5.84 Å². The van der Waals surface area contributed by atoms with Crippen molar-refractivity contribution in [3.05, 3.63) is 127 Å². The lowest BCUT2D eigenvalue weighted by atomic mass is 9.98. The number of rotatable bonds is 9. The quantitative estimate of drug-likeness (QED) is 0.190. The zero-order valence-electron chi connectivity index (χ0n) is 23.9. The average molecular weight is 614 g/mol. The lowest BCUT2D eigenvalue weighted by Gasteiger charge is -2.14. The molecule has 2 N–H and O–H groups in total. The maximum Gasteiger partial charge on any atom is 0.332 e. The molecular formula is C32H28FN5O5S. The molecule has 0 amide bonds. The van der Waals surface area contributed by atoms with E-state index in [0.29, 0.717) is 27.3 Å². The first-order chi connectivity index (χ1) is 21.4. The summed E-state index contributed by atoms with van der Waals surface area (Å²) < 4.78 is 16.3. The molecule has 2 aromatic heterocycles. The molecular weight excluding hydrogens is 585 g/mol. The van der Waals surface area contributed by atoms with E-state index in [1.165, 1.54) is 42.7 Å². The van der Waals surface area contributed by atoms with Gasteiger partial charge in [-0.2, -0.15) is 0 Å². The van der Waals surface area contributed by atoms with E-state index < -0.39 is 23.5 Å². The van der Waals surface area contributed by atoms with E-state index in [-0.39, 0.29) is 13.1 Å². The zero-order chi connectivity index (χ0) is 30.8. The number of aliphatic hydroxyl groups is 1. The van der Waals surface area contributed by atoms with Crippen molar-refractivity contribution in [2.24, 2.45) is 10.1 Å². The normalized spacial score (nSPS) is 15.0. The lowest BCUT2D eigenvalue weighted by Crippen LogP contribution is -2.41. The molecule has 1 aliphatic rings. The highest BCUT2D eigenvalue weighted by Crippen LogP contribution is 2.27. The number of oxime groups is 1. The second-order valence-electron chi connectivity index (χ2n) is 10.0. The molecule has 0 saturated carbocycles. The highest BCUT2D eigenvalue weighted by Gasteiger charge is 2.21. The summed E-state index contributed by atoms with van der Waals surface area (Å²) in [5, 5.41) is 14.1. The molecule has 0 radical (unpaired) electrons. The third-order valence-corrected chi connectivity index (χ3v) is 8.57. The van der Waals surface area contributed by atoms with Gasteiger partial charge in [0.05, 0.1) is 18.5 Å². The van der Waals surface area contributed by atoms with E-state index >= 15 is 0 Å². The SMILES string of the molecule is CCc1cc2c(=O)n(C/C(=N/OC)c3ccc(F)cc3)c(=O)n(Cc3ccc(-c4ccccc4C4=NC(O)ON4)cc3)c2s1. The maximum atomic E-state index is 14.0. The van der Waals surface area contributed by atoms with E-state index in [2.05, 4.69) is 15.6 Å². The maximum absolute atomic E-state index is 14.0. The number of benzene rings is 3. The van der Waals surface area contributed by atoms with Crippen molar-refractivity contribution in [1.29, 1.82) is 0 Å². The van der Waals surface area contributed by atoms with Crippen LogP contribution < -0.4 is 16.7 Å². The summed E-state index contributed by atoms with van der Waals surface area (Å²) >= 11 is 1.42. The Morgan fingerprint density at radius 2 is 1.80 bits per heavy atom. The number of aliphatic imine (C=N–C) groups is 1. The number of thiophene rings is 1. The zero-order valence-corrected chi connectivity index (χ0v) is 24.7. The minimum atomic E-state index is -1.27. The van der Waals surface area contributed by atoms with Crippen LogP contribution in [0.2, 0.25) is 0 Å². The molecule has 6 rings (SSSR count). The van der Waals surface area contributed by atoms with E-state index in [1.54, 1.807) is 4.57 Å². The van der Waals surface area contributed by atoms with Crippen LogP contribution in [0.3, 0.4) is 0 Å². The Kier molecular flexibility index (Phi) is 8.20. The predicted octanol–water partition coefficient (Wildman–Crippen LogP) is 4.25. The fourth-order valence-corrected chi connectivity index (χ4v) is 6.17. The fraction of sp³-hybridized carbons (Fsp3) is 0.188. The van der Waals surface area contributed by atoms with Gasteiger partial charge in [0.25, 0.3) is 12.0 Å². The number of fused-ring (bicyclic) bond motifs is 1. The molecule has 1 aliphatic heterocycles. The number of halogens is 1. The third-order valence-electron chi connectivity index (χ3n) is 7.27. The van der Waals surface area contributed by atoms with Crippen molar-refractivity contribution < 1.29 is 19.2 Å². The van der Waals surface area contributed by atoms with Crippen LogP contribution in [-0.2, 0) is 29.2 Å². The number of aryl methyl sites for hydroxylation is 1. The Hall–Kier alpha value is -4.91. The smallest absolute Gasteiger partial charge is 0.332 e. The van der Waals surface area contributed by atoms with Gasteiger partial charge in [0, 0.05) is 16.0 Å². The minimum Gasteiger partial charge on any atom is -0.399 e. The third kappa shape index (κ3) is 5.70. The molecule has 0 saturated heterocycles. The van der Waals surface area contributed by atoms with Crippen LogP contribution in [0.15, 0.2) is 98.6 Å². The summed E-state index contributed by atoms with van der Waals surface area (Å²) in [6.07, 6.45) is -0.549. The van der Waals surface area contributed by atoms with Crippen LogP contribution in [0.1, 0.15) is 28.5 Å². The van der Waals surface area contributed by atoms with Gasteiger partial charge in [-0.3, -0.25) is 13.9 Å². The van der Waals surface area contributed by atoms with E-state index in [0.717, 1.165) is 38.1 Å². The number of amidine groups is 1. The van der Waals surface area contributed by atoms with Crippen LogP contribution in [0.25, 0.3) is 21.3 Å². The van der Waals surface area contributed by atoms with E-state index in [9.17, 15) is 19.1 Å². The number of nitrogens with zero attached hydrogens (tertiary/aromatic N) is 4. The number of nitrogens with one attached hydrogen (secondary N) is 1. The molecule has 12 heteroatoms. The van der Waals surface area contributed by atoms with Gasteiger partial charge in [0.1, 0.15) is 23.5 Å². The van der Waals surface area contributed by atoms with Gasteiger partial charge < -0.3 is 9.94 Å². The molecule has 0 fully saturated rings. The Bertz CT molecular complexity index is 2010. The lowest BCUT2D eigenvalue weighted by molar-refractivity contribution is -0.102. The van der Waals surface area contributed by atoms with Crippen LogP contribution >= 0.6 is 11.3 Å². The molecule has 1 unspecified atom stereocenters. The van der Waals surface area contributed by atoms with Crippen LogP contribution in [0, 0.1) is 5.82 Å². The van der Waals surface area contributed by atoms with E-state index in [4.69, 9.17) is 9.68 Å². The van der Waals surface area contributed by atoms with E-state index in [1.807, 2.05) is 61.5 Å². The Balaban J connectivity index is 1.38. The minimum absolute atomic E-state index is 0.156. The number of aromatic nitrogens is 2. The number of hydrogen-bond donors (Lipinski definition) is 2. The first-order valence-electron chi connectivity index (χ1n) is 13.8. The van der Waals surface area contributed by atoms with Gasteiger partial charge in [0.2, 0.25) is 0 Å². The predicted molar refractivity (Wildman–Crippen MR) is 167 cm³/mol. The molecule has 3 aromatic carbocycles. The summed E-state index contributed by atoms with van der Waals surface area (Å²) in [6, 6.07) is 22.8. The molecule has 10 nitrogen and oxygen atoms in total. The first-order valence-corrected chi connectivity index (χ1v) is 14.7. The summed E-state index contributed by atoms with van der Waals surface area (Å²) in [6.45, 7) is 2.07. The van der Waals surface area contributed by atoms with Crippen LogP contribution in [-0.4, -0.2) is 39.3 Å². The Morgan fingerprint density at radius 1 is 1.07 bits per heavy atom. The number of hydrogen-bond acceptors (Lipinski definition) is 9. The molecule has 0 spiro atoms. The van der Waals surface area contributed by atoms with Crippen molar-refractivity contribution in [2.45, 2.75) is 32.8 Å². The van der Waals surface area contributed by atoms with Crippen molar-refractivity contribution >= 4 is 33.1 Å². The van der Waals surface area contributed by atoms with Gasteiger partial charge in [-0.05, 0) is 41.3 Å².